The first-order valence-electron chi connectivity index (χ1n) is 2.95. The molecule has 3 nitrogen and oxygen atoms in total. The lowest BCUT2D eigenvalue weighted by Crippen LogP contribution is -2.36. The summed E-state index contributed by atoms with van der Waals surface area (Å²) >= 11 is 0. The largest absolute Gasteiger partial charge is 0.306 e. The van der Waals surface area contributed by atoms with E-state index in [1.165, 1.54) is 0 Å². The van der Waals surface area contributed by atoms with E-state index in [1.54, 1.807) is 18.0 Å². The van der Waals surface area contributed by atoms with Crippen LogP contribution in [0.25, 0.3) is 0 Å². The highest BCUT2D eigenvalue weighted by Gasteiger charge is 2.04. The van der Waals surface area contributed by atoms with Crippen LogP contribution in [-0.2, 0) is 4.79 Å². The SMILES string of the molecule is CC(=O)N1C=CCNC1. The van der Waals surface area contributed by atoms with E-state index in [1.807, 2.05) is 6.08 Å². The van der Waals surface area contributed by atoms with Crippen LogP contribution in [0.4, 0.5) is 0 Å². The van der Waals surface area contributed by atoms with Gasteiger partial charge in [0, 0.05) is 19.7 Å². The Kier molecular flexibility index (Phi) is 1.85. The maximum Gasteiger partial charge on any atom is 0.224 e. The first kappa shape index (κ1) is 6.29. The minimum atomic E-state index is 0.0819. The Morgan fingerprint density at radius 3 is 2.89 bits per heavy atom. The molecule has 0 saturated carbocycles. The van der Waals surface area contributed by atoms with Crippen molar-refractivity contribution in [1.29, 1.82) is 0 Å². The highest BCUT2D eigenvalue weighted by atomic mass is 16.2. The number of carbonyl (C=O) groups excluding carboxylic acids is 1. The van der Waals surface area contributed by atoms with Gasteiger partial charge in [0.05, 0.1) is 6.67 Å². The van der Waals surface area contributed by atoms with Crippen molar-refractivity contribution in [2.24, 2.45) is 0 Å². The van der Waals surface area contributed by atoms with Gasteiger partial charge in [0.25, 0.3) is 0 Å². The summed E-state index contributed by atoms with van der Waals surface area (Å²) in [4.78, 5) is 12.3. The lowest BCUT2D eigenvalue weighted by Gasteiger charge is -2.19. The number of nitrogens with one attached hydrogen (secondary N) is 1. The molecule has 0 unspecified atom stereocenters. The first-order valence-corrected chi connectivity index (χ1v) is 2.95. The van der Waals surface area contributed by atoms with Crippen LogP contribution in [0.3, 0.4) is 0 Å². The zero-order valence-corrected chi connectivity index (χ0v) is 5.42. The van der Waals surface area contributed by atoms with Gasteiger partial charge in [0.2, 0.25) is 5.91 Å². The van der Waals surface area contributed by atoms with Gasteiger partial charge in [-0.2, -0.15) is 0 Å². The third-order valence-corrected chi connectivity index (χ3v) is 1.23. The van der Waals surface area contributed by atoms with Gasteiger partial charge in [0.1, 0.15) is 0 Å². The predicted molar refractivity (Wildman–Crippen MR) is 34.5 cm³/mol. The molecule has 0 radical (unpaired) electrons. The van der Waals surface area contributed by atoms with Crippen LogP contribution < -0.4 is 5.32 Å². The average molecular weight is 126 g/mol. The molecule has 0 atom stereocenters. The number of nitrogens with zero attached hydrogens (tertiary/aromatic N) is 1. The summed E-state index contributed by atoms with van der Waals surface area (Å²) in [7, 11) is 0. The van der Waals surface area contributed by atoms with Crippen LogP contribution in [0.1, 0.15) is 6.92 Å². The summed E-state index contributed by atoms with van der Waals surface area (Å²) in [6, 6.07) is 0. The topological polar surface area (TPSA) is 32.3 Å². The van der Waals surface area contributed by atoms with E-state index in [4.69, 9.17) is 0 Å². The monoisotopic (exact) mass is 126 g/mol. The lowest BCUT2D eigenvalue weighted by molar-refractivity contribution is -0.126. The predicted octanol–water partition coefficient (Wildman–Crippen LogP) is -0.0907. The zero-order chi connectivity index (χ0) is 6.69. The van der Waals surface area contributed by atoms with E-state index in [0.717, 1.165) is 6.54 Å². The molecule has 1 aliphatic rings. The molecule has 0 aromatic rings. The molecular weight excluding hydrogens is 116 g/mol. The van der Waals surface area contributed by atoms with Crippen LogP contribution in [0, 0.1) is 0 Å². The first-order chi connectivity index (χ1) is 4.30. The van der Waals surface area contributed by atoms with Gasteiger partial charge >= 0.3 is 0 Å². The second-order valence-corrected chi connectivity index (χ2v) is 1.99. The van der Waals surface area contributed by atoms with Crippen LogP contribution in [0.15, 0.2) is 12.3 Å². The number of hydrogen-bond donors (Lipinski definition) is 1. The molecule has 9 heavy (non-hydrogen) atoms. The molecule has 0 spiro atoms. The van der Waals surface area contributed by atoms with Crippen LogP contribution in [0.5, 0.6) is 0 Å². The van der Waals surface area contributed by atoms with Gasteiger partial charge in [-0.25, -0.2) is 0 Å². The van der Waals surface area contributed by atoms with E-state index in [2.05, 4.69) is 5.32 Å². The lowest BCUT2D eigenvalue weighted by atomic mass is 10.4. The minimum Gasteiger partial charge on any atom is -0.306 e. The Balaban J connectivity index is 2.50. The molecule has 0 aromatic carbocycles. The molecule has 1 aliphatic heterocycles. The van der Waals surface area contributed by atoms with E-state index in [-0.39, 0.29) is 5.91 Å². The summed E-state index contributed by atoms with van der Waals surface area (Å²) in [6.07, 6.45) is 3.73. The number of amides is 1. The Hall–Kier alpha value is -0.830. The zero-order valence-electron chi connectivity index (χ0n) is 5.42. The van der Waals surface area contributed by atoms with Crippen molar-refractivity contribution >= 4 is 5.91 Å². The minimum absolute atomic E-state index is 0.0819. The van der Waals surface area contributed by atoms with Gasteiger partial charge in [-0.3, -0.25) is 10.1 Å². The highest BCUT2D eigenvalue weighted by molar-refractivity contribution is 5.74. The average Bonchev–Trinajstić information content (AvgIpc) is 1.90. The summed E-state index contributed by atoms with van der Waals surface area (Å²) in [5.41, 5.74) is 0. The van der Waals surface area contributed by atoms with Gasteiger partial charge in [-0.15, -0.1) is 0 Å². The Morgan fingerprint density at radius 1 is 1.78 bits per heavy atom. The summed E-state index contributed by atoms with van der Waals surface area (Å²) in [5.74, 6) is 0.0819. The summed E-state index contributed by atoms with van der Waals surface area (Å²) < 4.78 is 0. The van der Waals surface area contributed by atoms with E-state index in [0.29, 0.717) is 6.67 Å². The fourth-order valence-corrected chi connectivity index (χ4v) is 0.717. The second-order valence-electron chi connectivity index (χ2n) is 1.99. The molecule has 50 valence electrons. The summed E-state index contributed by atoms with van der Waals surface area (Å²) in [6.45, 7) is 3.06. The molecular formula is C6H10N2O. The van der Waals surface area contributed by atoms with Crippen LogP contribution >= 0.6 is 0 Å². The summed E-state index contributed by atoms with van der Waals surface area (Å²) in [5, 5.41) is 3.03. The standard InChI is InChI=1S/C6H10N2O/c1-6(9)8-4-2-3-7-5-8/h2,4,7H,3,5H2,1H3. The molecule has 3 heteroatoms. The molecule has 1 rings (SSSR count). The van der Waals surface area contributed by atoms with Crippen molar-refractivity contribution < 1.29 is 4.79 Å². The van der Waals surface area contributed by atoms with E-state index in [9.17, 15) is 4.79 Å². The maximum atomic E-state index is 10.6. The number of hydrogen-bond acceptors (Lipinski definition) is 2. The molecule has 0 aromatic heterocycles. The molecule has 1 heterocycles. The quantitative estimate of drug-likeness (QED) is 0.492. The van der Waals surface area contributed by atoms with Gasteiger partial charge in [-0.05, 0) is 0 Å². The van der Waals surface area contributed by atoms with E-state index < -0.39 is 0 Å². The molecule has 0 saturated heterocycles. The van der Waals surface area contributed by atoms with Crippen LogP contribution in [-0.4, -0.2) is 24.0 Å². The third-order valence-electron chi connectivity index (χ3n) is 1.23. The van der Waals surface area contributed by atoms with Crippen molar-refractivity contribution in [3.63, 3.8) is 0 Å². The van der Waals surface area contributed by atoms with E-state index >= 15 is 0 Å². The van der Waals surface area contributed by atoms with Crippen molar-refractivity contribution in [3.8, 4) is 0 Å². The third kappa shape index (κ3) is 1.54. The van der Waals surface area contributed by atoms with Crippen molar-refractivity contribution in [2.75, 3.05) is 13.2 Å². The van der Waals surface area contributed by atoms with Crippen molar-refractivity contribution in [2.45, 2.75) is 6.92 Å². The number of rotatable bonds is 0. The highest BCUT2D eigenvalue weighted by Crippen LogP contribution is 1.92. The molecule has 0 bridgehead atoms. The van der Waals surface area contributed by atoms with Gasteiger partial charge in [-0.1, -0.05) is 6.08 Å². The van der Waals surface area contributed by atoms with Crippen LogP contribution in [0.2, 0.25) is 0 Å². The fraction of sp³-hybridized carbons (Fsp3) is 0.500. The van der Waals surface area contributed by atoms with Gasteiger partial charge < -0.3 is 4.90 Å². The molecule has 1 amide bonds. The van der Waals surface area contributed by atoms with Crippen molar-refractivity contribution in [1.82, 2.24) is 10.2 Å². The second kappa shape index (κ2) is 2.64. The smallest absolute Gasteiger partial charge is 0.224 e. The molecule has 0 fully saturated rings. The molecule has 1 N–H and O–H groups in total. The van der Waals surface area contributed by atoms with Gasteiger partial charge in [0.15, 0.2) is 0 Å². The maximum absolute atomic E-state index is 10.6. The normalized spacial score (nSPS) is 18.1. The Labute approximate surface area is 54.3 Å². The number of carbonyl (C=O) groups is 1. The Bertz CT molecular complexity index is 142. The fourth-order valence-electron chi connectivity index (χ4n) is 0.717. The molecule has 0 aliphatic carbocycles. The Morgan fingerprint density at radius 2 is 2.56 bits per heavy atom. The van der Waals surface area contributed by atoms with Crippen molar-refractivity contribution in [3.05, 3.63) is 12.3 Å².